The normalized spacial score (nSPS) is 15.9. The van der Waals surface area contributed by atoms with Crippen LogP contribution in [0.5, 0.6) is 0 Å². The minimum Gasteiger partial charge on any atom is -0.325 e. The van der Waals surface area contributed by atoms with Crippen LogP contribution in [0.3, 0.4) is 0 Å². The van der Waals surface area contributed by atoms with Gasteiger partial charge in [-0.05, 0) is 62.2 Å². The summed E-state index contributed by atoms with van der Waals surface area (Å²) in [5, 5.41) is 4.28. The Kier molecular flexibility index (Phi) is 5.50. The highest BCUT2D eigenvalue weighted by atomic mass is 32.1. The number of fused-ring (bicyclic) bond motifs is 1. The summed E-state index contributed by atoms with van der Waals surface area (Å²) in [7, 11) is 0. The minimum absolute atomic E-state index is 0.0710. The summed E-state index contributed by atoms with van der Waals surface area (Å²) in [6, 6.07) is 16.4. The number of benzene rings is 2. The van der Waals surface area contributed by atoms with Gasteiger partial charge in [0.25, 0.3) is 0 Å². The van der Waals surface area contributed by atoms with Crippen molar-refractivity contribution in [2.45, 2.75) is 32.1 Å². The lowest BCUT2D eigenvalue weighted by atomic mass is 9.97. The van der Waals surface area contributed by atoms with E-state index in [1.165, 1.54) is 15.3 Å². The zero-order chi connectivity index (χ0) is 18.6. The SMILES string of the molecule is CCc1cccc(NC(=O)CN2CCC(c3nc4ccccc4s3)CC2)c1. The van der Waals surface area contributed by atoms with Gasteiger partial charge >= 0.3 is 0 Å². The number of anilines is 1. The van der Waals surface area contributed by atoms with Crippen molar-refractivity contribution in [3.63, 3.8) is 0 Å². The van der Waals surface area contributed by atoms with Crippen LogP contribution in [-0.2, 0) is 11.2 Å². The Hall–Kier alpha value is -2.24. The molecule has 4 rings (SSSR count). The van der Waals surface area contributed by atoms with E-state index in [-0.39, 0.29) is 5.91 Å². The van der Waals surface area contributed by atoms with Gasteiger partial charge in [-0.25, -0.2) is 4.98 Å². The summed E-state index contributed by atoms with van der Waals surface area (Å²) in [5.74, 6) is 0.588. The molecule has 0 saturated carbocycles. The first-order valence-corrected chi connectivity index (χ1v) is 10.5. The van der Waals surface area contributed by atoms with Gasteiger partial charge in [-0.3, -0.25) is 9.69 Å². The molecule has 2 heterocycles. The largest absolute Gasteiger partial charge is 0.325 e. The second kappa shape index (κ2) is 8.19. The van der Waals surface area contributed by atoms with Crippen molar-refractivity contribution >= 4 is 33.1 Å². The summed E-state index contributed by atoms with van der Waals surface area (Å²) >= 11 is 1.82. The van der Waals surface area contributed by atoms with E-state index in [2.05, 4.69) is 47.5 Å². The fourth-order valence-corrected chi connectivity index (χ4v) is 4.81. The Morgan fingerprint density at radius 3 is 2.78 bits per heavy atom. The number of aromatic nitrogens is 1. The van der Waals surface area contributed by atoms with E-state index in [0.717, 1.165) is 43.6 Å². The number of hydrogen-bond acceptors (Lipinski definition) is 4. The van der Waals surface area contributed by atoms with Crippen molar-refractivity contribution < 1.29 is 4.79 Å². The Balaban J connectivity index is 1.30. The fraction of sp³-hybridized carbons (Fsp3) is 0.364. The van der Waals surface area contributed by atoms with E-state index in [0.29, 0.717) is 12.5 Å². The Bertz CT molecular complexity index is 895. The summed E-state index contributed by atoms with van der Waals surface area (Å²) in [6.07, 6.45) is 3.11. The predicted octanol–water partition coefficient (Wildman–Crippen LogP) is 4.68. The molecule has 1 aromatic heterocycles. The monoisotopic (exact) mass is 379 g/mol. The third-order valence-corrected chi connectivity index (χ3v) is 6.43. The second-order valence-corrected chi connectivity index (χ2v) is 8.23. The van der Waals surface area contributed by atoms with Crippen LogP contribution < -0.4 is 5.32 Å². The standard InChI is InChI=1S/C22H25N3OS/c1-2-16-6-5-7-18(14-16)23-21(26)15-25-12-10-17(11-13-25)22-24-19-8-3-4-9-20(19)27-22/h3-9,14,17H,2,10-13,15H2,1H3,(H,23,26). The van der Waals surface area contributed by atoms with Crippen LogP contribution in [0.2, 0.25) is 0 Å². The first-order chi connectivity index (χ1) is 13.2. The molecule has 1 amide bonds. The highest BCUT2D eigenvalue weighted by molar-refractivity contribution is 7.18. The molecular weight excluding hydrogens is 354 g/mol. The van der Waals surface area contributed by atoms with Crippen LogP contribution in [0.25, 0.3) is 10.2 Å². The topological polar surface area (TPSA) is 45.2 Å². The Labute approximate surface area is 164 Å². The maximum Gasteiger partial charge on any atom is 0.238 e. The summed E-state index contributed by atoms with van der Waals surface area (Å²) < 4.78 is 1.27. The van der Waals surface area contributed by atoms with Crippen LogP contribution in [0.15, 0.2) is 48.5 Å². The van der Waals surface area contributed by atoms with Crippen molar-refractivity contribution in [1.29, 1.82) is 0 Å². The van der Waals surface area contributed by atoms with Gasteiger partial charge in [0.1, 0.15) is 0 Å². The van der Waals surface area contributed by atoms with Gasteiger partial charge in [0.05, 0.1) is 21.8 Å². The lowest BCUT2D eigenvalue weighted by molar-refractivity contribution is -0.117. The van der Waals surface area contributed by atoms with Crippen molar-refractivity contribution in [2.24, 2.45) is 0 Å². The highest BCUT2D eigenvalue weighted by Gasteiger charge is 2.24. The number of hydrogen-bond donors (Lipinski definition) is 1. The average molecular weight is 380 g/mol. The molecule has 0 spiro atoms. The Morgan fingerprint density at radius 1 is 1.19 bits per heavy atom. The molecular formula is C22H25N3OS. The van der Waals surface area contributed by atoms with E-state index in [9.17, 15) is 4.79 Å². The third-order valence-electron chi connectivity index (χ3n) is 5.23. The molecule has 140 valence electrons. The van der Waals surface area contributed by atoms with Gasteiger partial charge in [0.15, 0.2) is 0 Å². The quantitative estimate of drug-likeness (QED) is 0.700. The second-order valence-electron chi connectivity index (χ2n) is 7.17. The first kappa shape index (κ1) is 18.1. The number of rotatable bonds is 5. The maximum absolute atomic E-state index is 12.4. The van der Waals surface area contributed by atoms with Crippen molar-refractivity contribution in [2.75, 3.05) is 25.0 Å². The van der Waals surface area contributed by atoms with Gasteiger partial charge in [0.2, 0.25) is 5.91 Å². The van der Waals surface area contributed by atoms with Crippen LogP contribution >= 0.6 is 11.3 Å². The number of nitrogens with one attached hydrogen (secondary N) is 1. The molecule has 2 aromatic carbocycles. The summed E-state index contributed by atoms with van der Waals surface area (Å²) in [6.45, 7) is 4.48. The van der Waals surface area contributed by atoms with Gasteiger partial charge in [0, 0.05) is 11.6 Å². The van der Waals surface area contributed by atoms with Crippen LogP contribution in [-0.4, -0.2) is 35.4 Å². The molecule has 3 aromatic rings. The molecule has 1 aliphatic rings. The number of thiazole rings is 1. The number of piperidine rings is 1. The predicted molar refractivity (Wildman–Crippen MR) is 112 cm³/mol. The zero-order valence-corrected chi connectivity index (χ0v) is 16.5. The van der Waals surface area contributed by atoms with Crippen LogP contribution in [0.1, 0.15) is 36.3 Å². The lowest BCUT2D eigenvalue weighted by Crippen LogP contribution is -2.38. The summed E-state index contributed by atoms with van der Waals surface area (Å²) in [5.41, 5.74) is 3.24. The van der Waals surface area contributed by atoms with Crippen molar-refractivity contribution in [1.82, 2.24) is 9.88 Å². The number of aryl methyl sites for hydroxylation is 1. The van der Waals surface area contributed by atoms with E-state index >= 15 is 0 Å². The van der Waals surface area contributed by atoms with Gasteiger partial charge in [-0.1, -0.05) is 31.2 Å². The van der Waals surface area contributed by atoms with Crippen molar-refractivity contribution in [3.05, 3.63) is 59.1 Å². The number of carbonyl (C=O) groups excluding carboxylic acids is 1. The zero-order valence-electron chi connectivity index (χ0n) is 15.6. The smallest absolute Gasteiger partial charge is 0.238 e. The van der Waals surface area contributed by atoms with E-state index in [1.807, 2.05) is 29.5 Å². The number of carbonyl (C=O) groups is 1. The van der Waals surface area contributed by atoms with Crippen molar-refractivity contribution in [3.8, 4) is 0 Å². The van der Waals surface area contributed by atoms with Gasteiger partial charge in [-0.2, -0.15) is 0 Å². The maximum atomic E-state index is 12.4. The van der Waals surface area contributed by atoms with Crippen LogP contribution in [0, 0.1) is 0 Å². The molecule has 4 nitrogen and oxygen atoms in total. The molecule has 0 aliphatic carbocycles. The molecule has 1 saturated heterocycles. The number of nitrogens with zero attached hydrogens (tertiary/aromatic N) is 2. The number of amides is 1. The number of likely N-dealkylation sites (tertiary alicyclic amines) is 1. The fourth-order valence-electron chi connectivity index (χ4n) is 3.68. The highest BCUT2D eigenvalue weighted by Crippen LogP contribution is 2.33. The summed E-state index contributed by atoms with van der Waals surface area (Å²) in [4.78, 5) is 19.5. The average Bonchev–Trinajstić information content (AvgIpc) is 3.13. The minimum atomic E-state index is 0.0710. The first-order valence-electron chi connectivity index (χ1n) is 9.68. The van der Waals surface area contributed by atoms with Gasteiger partial charge < -0.3 is 5.32 Å². The molecule has 1 aliphatic heterocycles. The molecule has 0 radical (unpaired) electrons. The molecule has 5 heteroatoms. The van der Waals surface area contributed by atoms with E-state index < -0.39 is 0 Å². The van der Waals surface area contributed by atoms with Crippen LogP contribution in [0.4, 0.5) is 5.69 Å². The van der Waals surface area contributed by atoms with E-state index in [1.54, 1.807) is 0 Å². The molecule has 27 heavy (non-hydrogen) atoms. The molecule has 1 fully saturated rings. The molecule has 0 bridgehead atoms. The molecule has 1 N–H and O–H groups in total. The van der Waals surface area contributed by atoms with Gasteiger partial charge in [-0.15, -0.1) is 11.3 Å². The number of para-hydroxylation sites is 1. The molecule has 0 unspecified atom stereocenters. The molecule has 0 atom stereocenters. The van der Waals surface area contributed by atoms with E-state index in [4.69, 9.17) is 4.98 Å². The lowest BCUT2D eigenvalue weighted by Gasteiger charge is -2.30. The Morgan fingerprint density at radius 2 is 2.00 bits per heavy atom. The third kappa shape index (κ3) is 4.37.